The Morgan fingerprint density at radius 1 is 1.45 bits per heavy atom. The zero-order valence-corrected chi connectivity index (χ0v) is 13.9. The van der Waals surface area contributed by atoms with Gasteiger partial charge in [-0.25, -0.2) is 0 Å². The summed E-state index contributed by atoms with van der Waals surface area (Å²) >= 11 is 1.96. The lowest BCUT2D eigenvalue weighted by atomic mass is 9.94. The molecule has 1 aromatic rings. The first-order chi connectivity index (χ1) is 9.57. The van der Waals surface area contributed by atoms with Gasteiger partial charge in [0.25, 0.3) is 0 Å². The average molecular weight is 292 g/mol. The second kappa shape index (κ2) is 5.78. The van der Waals surface area contributed by atoms with E-state index in [0.717, 1.165) is 5.92 Å². The Kier molecular flexibility index (Phi) is 4.21. The molecule has 112 valence electrons. The van der Waals surface area contributed by atoms with Crippen LogP contribution in [0, 0.1) is 12.8 Å². The highest BCUT2D eigenvalue weighted by Gasteiger charge is 2.43. The largest absolute Gasteiger partial charge is 0.310 e. The van der Waals surface area contributed by atoms with E-state index in [-0.39, 0.29) is 0 Å². The van der Waals surface area contributed by atoms with Crippen molar-refractivity contribution in [2.45, 2.75) is 58.0 Å². The molecule has 2 aliphatic rings. The number of hydrogen-bond acceptors (Lipinski definition) is 3. The quantitative estimate of drug-likeness (QED) is 0.914. The van der Waals surface area contributed by atoms with Gasteiger partial charge in [-0.1, -0.05) is 0 Å². The molecule has 1 aliphatic heterocycles. The molecule has 3 heteroatoms. The molecule has 1 saturated heterocycles. The van der Waals surface area contributed by atoms with E-state index in [1.54, 1.807) is 4.88 Å². The maximum atomic E-state index is 3.83. The molecule has 0 amide bonds. The number of nitrogens with one attached hydrogen (secondary N) is 1. The summed E-state index contributed by atoms with van der Waals surface area (Å²) in [7, 11) is 0. The summed E-state index contributed by atoms with van der Waals surface area (Å²) in [6.45, 7) is 10.7. The summed E-state index contributed by atoms with van der Waals surface area (Å²) in [6.07, 6.45) is 5.35. The van der Waals surface area contributed by atoms with Crippen LogP contribution in [-0.4, -0.2) is 36.1 Å². The van der Waals surface area contributed by atoms with Crippen LogP contribution in [0.5, 0.6) is 0 Å². The predicted molar refractivity (Wildman–Crippen MR) is 87.5 cm³/mol. The first-order valence-electron chi connectivity index (χ1n) is 8.11. The zero-order valence-electron chi connectivity index (χ0n) is 13.1. The summed E-state index contributed by atoms with van der Waals surface area (Å²) < 4.78 is 0. The smallest absolute Gasteiger partial charge is 0.0308 e. The molecule has 0 bridgehead atoms. The Hall–Kier alpha value is -0.380. The van der Waals surface area contributed by atoms with E-state index in [2.05, 4.69) is 43.1 Å². The molecule has 2 nitrogen and oxygen atoms in total. The van der Waals surface area contributed by atoms with Gasteiger partial charge in [0.15, 0.2) is 0 Å². The van der Waals surface area contributed by atoms with E-state index >= 15 is 0 Å². The van der Waals surface area contributed by atoms with E-state index in [0.29, 0.717) is 11.6 Å². The third-order valence-corrected chi connectivity index (χ3v) is 6.10. The molecule has 3 rings (SSSR count). The van der Waals surface area contributed by atoms with Crippen molar-refractivity contribution in [3.63, 3.8) is 0 Å². The van der Waals surface area contributed by atoms with Crippen LogP contribution in [0.25, 0.3) is 0 Å². The third-order valence-electron chi connectivity index (χ3n) is 5.08. The normalized spacial score (nSPS) is 30.1. The molecule has 1 aromatic heterocycles. The van der Waals surface area contributed by atoms with Crippen molar-refractivity contribution in [1.82, 2.24) is 10.2 Å². The van der Waals surface area contributed by atoms with Crippen LogP contribution in [0.1, 0.15) is 42.9 Å². The second-order valence-electron chi connectivity index (χ2n) is 7.01. The minimum Gasteiger partial charge on any atom is -0.310 e. The molecule has 20 heavy (non-hydrogen) atoms. The van der Waals surface area contributed by atoms with E-state index in [1.165, 1.54) is 50.2 Å². The lowest BCUT2D eigenvalue weighted by Gasteiger charge is -2.36. The summed E-state index contributed by atoms with van der Waals surface area (Å²) in [5, 5.41) is 3.83. The maximum absolute atomic E-state index is 3.83. The molecule has 1 aliphatic carbocycles. The van der Waals surface area contributed by atoms with Crippen molar-refractivity contribution >= 4 is 11.3 Å². The predicted octanol–water partition coefficient (Wildman–Crippen LogP) is 3.45. The highest BCUT2D eigenvalue weighted by Crippen LogP contribution is 2.40. The van der Waals surface area contributed by atoms with Gasteiger partial charge in [0.2, 0.25) is 0 Å². The molecule has 0 spiro atoms. The summed E-state index contributed by atoms with van der Waals surface area (Å²) in [5.41, 5.74) is 0.357. The summed E-state index contributed by atoms with van der Waals surface area (Å²) in [4.78, 5) is 5.71. The topological polar surface area (TPSA) is 15.3 Å². The van der Waals surface area contributed by atoms with Crippen LogP contribution in [0.15, 0.2) is 12.1 Å². The van der Waals surface area contributed by atoms with Crippen LogP contribution >= 0.6 is 11.3 Å². The van der Waals surface area contributed by atoms with Gasteiger partial charge in [0, 0.05) is 27.9 Å². The van der Waals surface area contributed by atoms with Gasteiger partial charge in [0.05, 0.1) is 0 Å². The van der Waals surface area contributed by atoms with Gasteiger partial charge >= 0.3 is 0 Å². The Labute approximate surface area is 127 Å². The van der Waals surface area contributed by atoms with E-state index < -0.39 is 0 Å². The molecular weight excluding hydrogens is 264 g/mol. The minimum atomic E-state index is 0.357. The third kappa shape index (κ3) is 3.26. The monoisotopic (exact) mass is 292 g/mol. The molecule has 2 fully saturated rings. The average Bonchev–Trinajstić information content (AvgIpc) is 3.19. The van der Waals surface area contributed by atoms with Crippen molar-refractivity contribution in [2.24, 2.45) is 5.92 Å². The number of rotatable bonds is 4. The molecule has 2 atom stereocenters. The van der Waals surface area contributed by atoms with Crippen LogP contribution in [0.3, 0.4) is 0 Å². The molecule has 2 unspecified atom stereocenters. The highest BCUT2D eigenvalue weighted by molar-refractivity contribution is 7.11. The van der Waals surface area contributed by atoms with Gasteiger partial charge in [0.1, 0.15) is 0 Å². The molecule has 1 saturated carbocycles. The molecule has 2 heterocycles. The number of thiophene rings is 1. The Morgan fingerprint density at radius 2 is 2.25 bits per heavy atom. The standard InChI is InChI=1S/C17H28N2S/c1-13(11-16-8-5-14(2)20-16)19-10-4-9-18-17(3,12-19)15-6-7-15/h5,8,13,15,18H,4,6-7,9-12H2,1-3H3. The number of nitrogens with zero attached hydrogens (tertiary/aromatic N) is 1. The second-order valence-corrected chi connectivity index (χ2v) is 8.38. The van der Waals surface area contributed by atoms with Gasteiger partial charge in [-0.3, -0.25) is 4.90 Å². The molecule has 0 aromatic carbocycles. The van der Waals surface area contributed by atoms with Crippen molar-refractivity contribution < 1.29 is 0 Å². The molecular formula is C17H28N2S. The van der Waals surface area contributed by atoms with E-state index in [1.807, 2.05) is 11.3 Å². The van der Waals surface area contributed by atoms with E-state index in [9.17, 15) is 0 Å². The molecule has 1 N–H and O–H groups in total. The van der Waals surface area contributed by atoms with Crippen molar-refractivity contribution in [1.29, 1.82) is 0 Å². The van der Waals surface area contributed by atoms with Gasteiger partial charge < -0.3 is 5.32 Å². The Morgan fingerprint density at radius 3 is 2.90 bits per heavy atom. The zero-order chi connectivity index (χ0) is 14.2. The van der Waals surface area contributed by atoms with Gasteiger partial charge in [-0.2, -0.15) is 0 Å². The van der Waals surface area contributed by atoms with Crippen LogP contribution < -0.4 is 5.32 Å². The fraction of sp³-hybridized carbons (Fsp3) is 0.765. The SMILES string of the molecule is Cc1ccc(CC(C)N2CCCNC(C)(C3CC3)C2)s1. The van der Waals surface area contributed by atoms with Crippen LogP contribution in [-0.2, 0) is 6.42 Å². The van der Waals surface area contributed by atoms with Crippen LogP contribution in [0.2, 0.25) is 0 Å². The number of aryl methyl sites for hydroxylation is 1. The number of hydrogen-bond donors (Lipinski definition) is 1. The fourth-order valence-corrected chi connectivity index (χ4v) is 4.61. The van der Waals surface area contributed by atoms with Gasteiger partial charge in [-0.05, 0) is 77.6 Å². The lowest BCUT2D eigenvalue weighted by molar-refractivity contribution is 0.159. The Bertz CT molecular complexity index is 452. The Balaban J connectivity index is 1.64. The summed E-state index contributed by atoms with van der Waals surface area (Å²) in [5.74, 6) is 0.916. The highest BCUT2D eigenvalue weighted by atomic mass is 32.1. The van der Waals surface area contributed by atoms with Crippen LogP contribution in [0.4, 0.5) is 0 Å². The summed E-state index contributed by atoms with van der Waals surface area (Å²) in [6, 6.07) is 5.23. The van der Waals surface area contributed by atoms with Crippen molar-refractivity contribution in [2.75, 3.05) is 19.6 Å². The molecule has 0 radical (unpaired) electrons. The van der Waals surface area contributed by atoms with Gasteiger partial charge in [-0.15, -0.1) is 11.3 Å². The first-order valence-corrected chi connectivity index (χ1v) is 8.93. The van der Waals surface area contributed by atoms with E-state index in [4.69, 9.17) is 0 Å². The maximum Gasteiger partial charge on any atom is 0.0308 e. The first kappa shape index (κ1) is 14.6. The van der Waals surface area contributed by atoms with Crippen molar-refractivity contribution in [3.05, 3.63) is 21.9 Å². The fourth-order valence-electron chi connectivity index (χ4n) is 3.60. The lowest BCUT2D eigenvalue weighted by Crippen LogP contribution is -2.52. The van der Waals surface area contributed by atoms with Crippen molar-refractivity contribution in [3.8, 4) is 0 Å². The minimum absolute atomic E-state index is 0.357.